The Hall–Kier alpha value is -0.840. The highest BCUT2D eigenvalue weighted by Crippen LogP contribution is 2.36. The first-order chi connectivity index (χ1) is 8.86. The van der Waals surface area contributed by atoms with Crippen molar-refractivity contribution in [3.8, 4) is 0 Å². The van der Waals surface area contributed by atoms with Crippen LogP contribution in [-0.2, 0) is 4.74 Å². The molecule has 1 aromatic carbocycles. The van der Waals surface area contributed by atoms with Gasteiger partial charge in [-0.1, -0.05) is 11.6 Å². The van der Waals surface area contributed by atoms with Crippen LogP contribution in [0.1, 0.15) is 26.7 Å². The van der Waals surface area contributed by atoms with Gasteiger partial charge in [-0.2, -0.15) is 0 Å². The van der Waals surface area contributed by atoms with Gasteiger partial charge in [0.25, 0.3) is 0 Å². The lowest BCUT2D eigenvalue weighted by Crippen LogP contribution is -2.55. The molecular weight excluding hydrogens is 267 g/mol. The molecule has 0 aromatic heterocycles. The van der Waals surface area contributed by atoms with E-state index in [4.69, 9.17) is 22.1 Å². The van der Waals surface area contributed by atoms with Crippen LogP contribution in [0.3, 0.4) is 0 Å². The molecule has 1 heterocycles. The average molecular weight is 287 g/mol. The molecule has 0 bridgehead atoms. The summed E-state index contributed by atoms with van der Waals surface area (Å²) >= 11 is 6.10. The lowest BCUT2D eigenvalue weighted by molar-refractivity contribution is -0.0736. The summed E-state index contributed by atoms with van der Waals surface area (Å²) in [5.41, 5.74) is 5.98. The van der Waals surface area contributed by atoms with Crippen LogP contribution in [0.2, 0.25) is 5.02 Å². The van der Waals surface area contributed by atoms with E-state index in [-0.39, 0.29) is 17.0 Å². The maximum absolute atomic E-state index is 13.3. The standard InChI is InChI=1S/C14H20ClFN2O/c1-13(2)8-14(9-17,5-6-19-13)18-12-7-10(16)3-4-11(12)15/h3-4,7,18H,5-6,8-9,17H2,1-2H3. The summed E-state index contributed by atoms with van der Waals surface area (Å²) in [5.74, 6) is -0.314. The first-order valence-electron chi connectivity index (χ1n) is 6.43. The first kappa shape index (κ1) is 14.6. The second-order valence-electron chi connectivity index (χ2n) is 5.77. The molecule has 1 unspecified atom stereocenters. The third-order valence-electron chi connectivity index (χ3n) is 3.56. The summed E-state index contributed by atoms with van der Waals surface area (Å²) in [6, 6.07) is 4.30. The molecule has 1 atom stereocenters. The molecule has 0 amide bonds. The highest BCUT2D eigenvalue weighted by atomic mass is 35.5. The Labute approximate surface area is 118 Å². The van der Waals surface area contributed by atoms with E-state index in [1.807, 2.05) is 13.8 Å². The molecule has 19 heavy (non-hydrogen) atoms. The van der Waals surface area contributed by atoms with E-state index < -0.39 is 0 Å². The van der Waals surface area contributed by atoms with Gasteiger partial charge in [0.15, 0.2) is 0 Å². The predicted molar refractivity (Wildman–Crippen MR) is 76.1 cm³/mol. The van der Waals surface area contributed by atoms with E-state index in [1.54, 1.807) is 6.07 Å². The molecule has 0 radical (unpaired) electrons. The SMILES string of the molecule is CC1(C)CC(CN)(Nc2cc(F)ccc2Cl)CCO1. The second kappa shape index (κ2) is 5.27. The lowest BCUT2D eigenvalue weighted by atomic mass is 9.81. The normalized spacial score (nSPS) is 26.2. The van der Waals surface area contributed by atoms with Crippen molar-refractivity contribution in [1.29, 1.82) is 0 Å². The molecule has 0 saturated carbocycles. The van der Waals surface area contributed by atoms with Gasteiger partial charge in [0, 0.05) is 19.6 Å². The Balaban J connectivity index is 2.25. The summed E-state index contributed by atoms with van der Waals surface area (Å²) in [5, 5.41) is 3.83. The van der Waals surface area contributed by atoms with Gasteiger partial charge in [-0.05, 0) is 38.5 Å². The fraction of sp³-hybridized carbons (Fsp3) is 0.571. The van der Waals surface area contributed by atoms with Crippen molar-refractivity contribution in [3.05, 3.63) is 29.0 Å². The molecule has 2 rings (SSSR count). The Morgan fingerprint density at radius 3 is 2.84 bits per heavy atom. The van der Waals surface area contributed by atoms with Crippen molar-refractivity contribution in [2.24, 2.45) is 5.73 Å². The smallest absolute Gasteiger partial charge is 0.125 e. The quantitative estimate of drug-likeness (QED) is 0.897. The molecule has 1 saturated heterocycles. The van der Waals surface area contributed by atoms with Gasteiger partial charge >= 0.3 is 0 Å². The van der Waals surface area contributed by atoms with Gasteiger partial charge in [0.2, 0.25) is 0 Å². The maximum atomic E-state index is 13.3. The minimum absolute atomic E-state index is 0.246. The largest absolute Gasteiger partial charge is 0.377 e. The van der Waals surface area contributed by atoms with Crippen LogP contribution >= 0.6 is 11.6 Å². The van der Waals surface area contributed by atoms with Crippen LogP contribution in [0.25, 0.3) is 0 Å². The average Bonchev–Trinajstić information content (AvgIpc) is 2.33. The highest BCUT2D eigenvalue weighted by molar-refractivity contribution is 6.33. The number of nitrogens with one attached hydrogen (secondary N) is 1. The molecule has 0 aliphatic carbocycles. The van der Waals surface area contributed by atoms with E-state index >= 15 is 0 Å². The van der Waals surface area contributed by atoms with Crippen LogP contribution in [0.15, 0.2) is 18.2 Å². The number of benzene rings is 1. The number of rotatable bonds is 3. The van der Waals surface area contributed by atoms with Gasteiger partial charge in [0.05, 0.1) is 21.8 Å². The Bertz CT molecular complexity index is 467. The van der Waals surface area contributed by atoms with Crippen molar-refractivity contribution >= 4 is 17.3 Å². The Kier molecular flexibility index (Phi) is 4.04. The lowest BCUT2D eigenvalue weighted by Gasteiger charge is -2.45. The van der Waals surface area contributed by atoms with E-state index in [1.165, 1.54) is 12.1 Å². The Morgan fingerprint density at radius 2 is 2.21 bits per heavy atom. The molecule has 5 heteroatoms. The van der Waals surface area contributed by atoms with Gasteiger partial charge in [-0.25, -0.2) is 4.39 Å². The van der Waals surface area contributed by atoms with Gasteiger partial charge in [-0.15, -0.1) is 0 Å². The number of ether oxygens (including phenoxy) is 1. The third-order valence-corrected chi connectivity index (χ3v) is 3.89. The zero-order valence-electron chi connectivity index (χ0n) is 11.3. The summed E-state index contributed by atoms with van der Waals surface area (Å²) in [6.45, 7) is 5.15. The summed E-state index contributed by atoms with van der Waals surface area (Å²) in [7, 11) is 0. The first-order valence-corrected chi connectivity index (χ1v) is 6.81. The number of hydrogen-bond acceptors (Lipinski definition) is 3. The summed E-state index contributed by atoms with van der Waals surface area (Å²) in [4.78, 5) is 0. The minimum atomic E-state index is -0.314. The van der Waals surface area contributed by atoms with E-state index in [2.05, 4.69) is 5.32 Å². The van der Waals surface area contributed by atoms with Crippen molar-refractivity contribution in [3.63, 3.8) is 0 Å². The van der Waals surface area contributed by atoms with E-state index in [9.17, 15) is 4.39 Å². The van der Waals surface area contributed by atoms with Crippen molar-refractivity contribution < 1.29 is 9.13 Å². The third kappa shape index (κ3) is 3.38. The zero-order chi connectivity index (χ0) is 14.1. The predicted octanol–water partition coefficient (Wildman–Crippen LogP) is 3.18. The van der Waals surface area contributed by atoms with Crippen LogP contribution in [0.4, 0.5) is 10.1 Å². The van der Waals surface area contributed by atoms with Crippen LogP contribution in [-0.4, -0.2) is 24.3 Å². The summed E-state index contributed by atoms with van der Waals surface area (Å²) < 4.78 is 19.0. The van der Waals surface area contributed by atoms with Crippen LogP contribution in [0, 0.1) is 5.82 Å². The number of halogens is 2. The number of hydrogen-bond donors (Lipinski definition) is 2. The number of anilines is 1. The van der Waals surface area contributed by atoms with Gasteiger partial charge in [-0.3, -0.25) is 0 Å². The highest BCUT2D eigenvalue weighted by Gasteiger charge is 2.40. The van der Waals surface area contributed by atoms with E-state index in [0.29, 0.717) is 23.9 Å². The van der Waals surface area contributed by atoms with Gasteiger partial charge < -0.3 is 15.8 Å². The molecule has 3 nitrogen and oxygen atoms in total. The van der Waals surface area contributed by atoms with Gasteiger partial charge in [0.1, 0.15) is 5.82 Å². The van der Waals surface area contributed by atoms with Crippen molar-refractivity contribution in [2.45, 2.75) is 37.8 Å². The Morgan fingerprint density at radius 1 is 1.47 bits per heavy atom. The number of nitrogens with two attached hydrogens (primary N) is 1. The summed E-state index contributed by atoms with van der Waals surface area (Å²) in [6.07, 6.45) is 1.53. The fourth-order valence-electron chi connectivity index (χ4n) is 2.69. The molecular formula is C14H20ClFN2O. The molecule has 1 fully saturated rings. The van der Waals surface area contributed by atoms with Crippen LogP contribution in [0.5, 0.6) is 0 Å². The van der Waals surface area contributed by atoms with E-state index in [0.717, 1.165) is 12.8 Å². The minimum Gasteiger partial charge on any atom is -0.377 e. The molecule has 1 aromatic rings. The molecule has 0 spiro atoms. The maximum Gasteiger partial charge on any atom is 0.125 e. The van der Waals surface area contributed by atoms with Crippen molar-refractivity contribution in [1.82, 2.24) is 0 Å². The molecule has 106 valence electrons. The fourth-order valence-corrected chi connectivity index (χ4v) is 2.85. The monoisotopic (exact) mass is 286 g/mol. The van der Waals surface area contributed by atoms with Crippen LogP contribution < -0.4 is 11.1 Å². The molecule has 1 aliphatic heterocycles. The molecule has 1 aliphatic rings. The second-order valence-corrected chi connectivity index (χ2v) is 6.18. The topological polar surface area (TPSA) is 47.3 Å². The zero-order valence-corrected chi connectivity index (χ0v) is 12.1. The molecule has 3 N–H and O–H groups in total. The van der Waals surface area contributed by atoms with Crippen molar-refractivity contribution in [2.75, 3.05) is 18.5 Å².